The second-order valence-corrected chi connectivity index (χ2v) is 5.41. The van der Waals surface area contributed by atoms with Gasteiger partial charge in [-0.1, -0.05) is 29.8 Å². The quantitative estimate of drug-likeness (QED) is 0.802. The summed E-state index contributed by atoms with van der Waals surface area (Å²) >= 11 is 6.01. The molecule has 0 saturated heterocycles. The molecule has 1 amide bonds. The number of rotatable bonds is 3. The van der Waals surface area contributed by atoms with Gasteiger partial charge in [0.2, 0.25) is 0 Å². The number of fused-ring (bicyclic) bond motifs is 1. The highest BCUT2D eigenvalue weighted by atomic mass is 35.5. The highest BCUT2D eigenvalue weighted by Gasteiger charge is 2.18. The predicted octanol–water partition coefficient (Wildman–Crippen LogP) is 3.63. The van der Waals surface area contributed by atoms with Gasteiger partial charge in [0.15, 0.2) is 0 Å². The Morgan fingerprint density at radius 3 is 2.86 bits per heavy atom. The number of aromatic amines is 1. The number of halogens is 2. The van der Waals surface area contributed by atoms with Crippen molar-refractivity contribution in [2.45, 2.75) is 6.54 Å². The van der Waals surface area contributed by atoms with E-state index in [0.29, 0.717) is 21.7 Å². The number of carbonyl (C=O) groups excluding carboxylic acids is 1. The molecule has 0 aliphatic carbocycles. The lowest BCUT2D eigenvalue weighted by molar-refractivity contribution is 0.0785. The van der Waals surface area contributed by atoms with Crippen LogP contribution in [0.3, 0.4) is 0 Å². The molecule has 3 rings (SSSR count). The molecule has 0 bridgehead atoms. The van der Waals surface area contributed by atoms with E-state index in [9.17, 15) is 9.18 Å². The van der Waals surface area contributed by atoms with Gasteiger partial charge in [0.25, 0.3) is 5.91 Å². The third-order valence-electron chi connectivity index (χ3n) is 3.51. The Morgan fingerprint density at radius 2 is 2.09 bits per heavy atom. The molecule has 0 spiro atoms. The molecule has 6 heteroatoms. The van der Waals surface area contributed by atoms with Crippen molar-refractivity contribution in [3.8, 4) is 0 Å². The van der Waals surface area contributed by atoms with Gasteiger partial charge in [0.1, 0.15) is 5.82 Å². The van der Waals surface area contributed by atoms with Crippen molar-refractivity contribution in [3.63, 3.8) is 0 Å². The van der Waals surface area contributed by atoms with E-state index in [-0.39, 0.29) is 12.5 Å². The van der Waals surface area contributed by atoms with Crippen LogP contribution >= 0.6 is 11.6 Å². The SMILES string of the molecule is CN(Cc1c(F)cccc1Cl)C(=O)c1cccc2cn[nH]c12. The summed E-state index contributed by atoms with van der Waals surface area (Å²) in [5, 5.41) is 7.91. The zero-order valence-corrected chi connectivity index (χ0v) is 12.6. The molecule has 4 nitrogen and oxygen atoms in total. The molecule has 112 valence electrons. The summed E-state index contributed by atoms with van der Waals surface area (Å²) in [5.74, 6) is -0.652. The predicted molar refractivity (Wildman–Crippen MR) is 83.3 cm³/mol. The van der Waals surface area contributed by atoms with E-state index in [1.807, 2.05) is 6.07 Å². The van der Waals surface area contributed by atoms with Crippen molar-refractivity contribution < 1.29 is 9.18 Å². The zero-order chi connectivity index (χ0) is 15.7. The van der Waals surface area contributed by atoms with Crippen LogP contribution in [0.15, 0.2) is 42.6 Å². The normalized spacial score (nSPS) is 10.9. The standard InChI is InChI=1S/C16H13ClFN3O/c1-21(9-12-13(17)6-3-7-14(12)18)16(22)11-5-2-4-10-8-19-20-15(10)11/h2-8H,9H2,1H3,(H,19,20). The van der Waals surface area contributed by atoms with E-state index in [2.05, 4.69) is 10.2 Å². The van der Waals surface area contributed by atoms with Gasteiger partial charge in [-0.25, -0.2) is 4.39 Å². The monoisotopic (exact) mass is 317 g/mol. The van der Waals surface area contributed by atoms with Gasteiger partial charge >= 0.3 is 0 Å². The van der Waals surface area contributed by atoms with Crippen LogP contribution in [0.4, 0.5) is 4.39 Å². The van der Waals surface area contributed by atoms with E-state index < -0.39 is 5.82 Å². The number of amides is 1. The Balaban J connectivity index is 1.91. The Bertz CT molecular complexity index is 826. The molecule has 0 unspecified atom stereocenters. The van der Waals surface area contributed by atoms with Crippen molar-refractivity contribution >= 4 is 28.4 Å². The first-order chi connectivity index (χ1) is 10.6. The van der Waals surface area contributed by atoms with Gasteiger partial charge in [-0.05, 0) is 18.2 Å². The van der Waals surface area contributed by atoms with E-state index in [4.69, 9.17) is 11.6 Å². The van der Waals surface area contributed by atoms with Crippen LogP contribution in [0.5, 0.6) is 0 Å². The minimum Gasteiger partial charge on any atom is -0.337 e. The van der Waals surface area contributed by atoms with Crippen molar-refractivity contribution in [2.24, 2.45) is 0 Å². The van der Waals surface area contributed by atoms with Crippen LogP contribution in [0.1, 0.15) is 15.9 Å². The van der Waals surface area contributed by atoms with Crippen LogP contribution in [0, 0.1) is 5.82 Å². The Hall–Kier alpha value is -2.40. The van der Waals surface area contributed by atoms with Crippen molar-refractivity contribution in [1.29, 1.82) is 0 Å². The van der Waals surface area contributed by atoms with Crippen LogP contribution in [-0.4, -0.2) is 28.1 Å². The van der Waals surface area contributed by atoms with Gasteiger partial charge < -0.3 is 4.90 Å². The average molecular weight is 318 g/mol. The molecule has 0 aliphatic heterocycles. The van der Waals surface area contributed by atoms with Crippen molar-refractivity contribution in [3.05, 3.63) is 64.6 Å². The first kappa shape index (κ1) is 14.5. The lowest BCUT2D eigenvalue weighted by Crippen LogP contribution is -2.27. The van der Waals surface area contributed by atoms with Gasteiger partial charge in [-0.3, -0.25) is 9.89 Å². The molecule has 0 saturated carbocycles. The smallest absolute Gasteiger partial charge is 0.256 e. The number of aromatic nitrogens is 2. The number of para-hydroxylation sites is 1. The number of carbonyl (C=O) groups is 1. The second kappa shape index (κ2) is 5.77. The highest BCUT2D eigenvalue weighted by Crippen LogP contribution is 2.22. The van der Waals surface area contributed by atoms with Gasteiger partial charge in [0, 0.05) is 29.6 Å². The van der Waals surface area contributed by atoms with Gasteiger partial charge in [-0.2, -0.15) is 5.10 Å². The van der Waals surface area contributed by atoms with E-state index in [0.717, 1.165) is 5.39 Å². The van der Waals surface area contributed by atoms with Crippen LogP contribution < -0.4 is 0 Å². The third-order valence-corrected chi connectivity index (χ3v) is 3.86. The summed E-state index contributed by atoms with van der Waals surface area (Å²) < 4.78 is 13.8. The van der Waals surface area contributed by atoms with Crippen molar-refractivity contribution in [1.82, 2.24) is 15.1 Å². The Labute approximate surface area is 131 Å². The molecule has 0 atom stereocenters. The first-order valence-electron chi connectivity index (χ1n) is 6.68. The maximum atomic E-state index is 13.8. The molecule has 22 heavy (non-hydrogen) atoms. The maximum Gasteiger partial charge on any atom is 0.256 e. The summed E-state index contributed by atoms with van der Waals surface area (Å²) in [6.45, 7) is 0.0921. The Morgan fingerprint density at radius 1 is 1.32 bits per heavy atom. The van der Waals surface area contributed by atoms with Crippen LogP contribution in [-0.2, 0) is 6.54 Å². The minimum absolute atomic E-state index is 0.0921. The summed E-state index contributed by atoms with van der Waals surface area (Å²) in [6, 6.07) is 9.83. The number of benzene rings is 2. The second-order valence-electron chi connectivity index (χ2n) is 5.00. The summed E-state index contributed by atoms with van der Waals surface area (Å²) in [4.78, 5) is 14.0. The topological polar surface area (TPSA) is 49.0 Å². The molecule has 0 fully saturated rings. The summed E-state index contributed by atoms with van der Waals surface area (Å²) in [7, 11) is 1.61. The molecular formula is C16H13ClFN3O. The van der Waals surface area contributed by atoms with Crippen molar-refractivity contribution in [2.75, 3.05) is 7.05 Å². The number of H-pyrrole nitrogens is 1. The van der Waals surface area contributed by atoms with Gasteiger partial charge in [0.05, 0.1) is 17.3 Å². The molecule has 0 aliphatic rings. The first-order valence-corrected chi connectivity index (χ1v) is 7.06. The van der Waals surface area contributed by atoms with Crippen LogP contribution in [0.25, 0.3) is 10.9 Å². The van der Waals surface area contributed by atoms with Crippen LogP contribution in [0.2, 0.25) is 5.02 Å². The largest absolute Gasteiger partial charge is 0.337 e. The zero-order valence-electron chi connectivity index (χ0n) is 11.8. The highest BCUT2D eigenvalue weighted by molar-refractivity contribution is 6.31. The number of hydrogen-bond acceptors (Lipinski definition) is 2. The fourth-order valence-corrected chi connectivity index (χ4v) is 2.57. The third kappa shape index (κ3) is 2.55. The van der Waals surface area contributed by atoms with E-state index in [1.165, 1.54) is 17.0 Å². The molecular weight excluding hydrogens is 305 g/mol. The van der Waals surface area contributed by atoms with Gasteiger partial charge in [-0.15, -0.1) is 0 Å². The molecule has 2 aromatic carbocycles. The summed E-state index contributed by atoms with van der Waals surface area (Å²) in [5.41, 5.74) is 1.46. The average Bonchev–Trinajstić information content (AvgIpc) is 2.98. The Kier molecular flexibility index (Phi) is 3.81. The summed E-state index contributed by atoms with van der Waals surface area (Å²) in [6.07, 6.45) is 1.65. The molecule has 0 radical (unpaired) electrons. The molecule has 3 aromatic rings. The lowest BCUT2D eigenvalue weighted by atomic mass is 10.1. The lowest BCUT2D eigenvalue weighted by Gasteiger charge is -2.18. The number of hydrogen-bond donors (Lipinski definition) is 1. The molecule has 1 heterocycles. The fraction of sp³-hybridized carbons (Fsp3) is 0.125. The fourth-order valence-electron chi connectivity index (χ4n) is 2.35. The molecule has 1 N–H and O–H groups in total. The minimum atomic E-state index is -0.424. The number of nitrogens with zero attached hydrogens (tertiary/aromatic N) is 2. The van der Waals surface area contributed by atoms with E-state index >= 15 is 0 Å². The molecule has 1 aromatic heterocycles. The van der Waals surface area contributed by atoms with E-state index in [1.54, 1.807) is 31.4 Å². The number of nitrogens with one attached hydrogen (secondary N) is 1. The maximum absolute atomic E-state index is 13.8.